The molecule has 0 saturated heterocycles. The normalized spacial score (nSPS) is 13.6. The van der Waals surface area contributed by atoms with Crippen molar-refractivity contribution in [1.82, 2.24) is 4.98 Å². The van der Waals surface area contributed by atoms with E-state index in [1.807, 2.05) is 6.07 Å². The van der Waals surface area contributed by atoms with Crippen LogP contribution in [0.4, 0.5) is 0 Å². The highest BCUT2D eigenvalue weighted by molar-refractivity contribution is 7.98. The number of pyridine rings is 1. The Labute approximate surface area is 103 Å². The van der Waals surface area contributed by atoms with Crippen molar-refractivity contribution in [3.8, 4) is 0 Å². The average Bonchev–Trinajstić information content (AvgIpc) is 2.38. The highest BCUT2D eigenvalue weighted by Gasteiger charge is 2.09. The fraction of sp³-hybridized carbons (Fsp3) is 0.400. The van der Waals surface area contributed by atoms with E-state index >= 15 is 0 Å². The lowest BCUT2D eigenvalue weighted by atomic mass is 10.2. The van der Waals surface area contributed by atoms with Gasteiger partial charge in [-0.3, -0.25) is 4.98 Å². The predicted molar refractivity (Wildman–Crippen MR) is 66.0 cm³/mol. The van der Waals surface area contributed by atoms with E-state index in [9.17, 15) is 5.11 Å². The molecule has 0 fully saturated rings. The second kappa shape index (κ2) is 7.10. The van der Waals surface area contributed by atoms with Gasteiger partial charge in [0, 0.05) is 17.7 Å². The molecule has 1 aromatic rings. The van der Waals surface area contributed by atoms with Gasteiger partial charge in [-0.2, -0.15) is 11.8 Å². The molecule has 0 aliphatic rings. The van der Waals surface area contributed by atoms with Crippen LogP contribution in [0, 0.1) is 0 Å². The Morgan fingerprint density at radius 2 is 2.35 bits per heavy atom. The van der Waals surface area contributed by atoms with E-state index in [4.69, 9.17) is 16.0 Å². The van der Waals surface area contributed by atoms with E-state index in [0.29, 0.717) is 17.2 Å². The van der Waals surface area contributed by atoms with Crippen LogP contribution in [0.1, 0.15) is 11.3 Å². The summed E-state index contributed by atoms with van der Waals surface area (Å²) in [6.45, 7) is -0.257. The lowest BCUT2D eigenvalue weighted by Gasteiger charge is -2.08. The summed E-state index contributed by atoms with van der Waals surface area (Å²) in [7, 11) is 0. The maximum Gasteiger partial charge on any atom is 0.189 e. The van der Waals surface area contributed by atoms with Crippen LogP contribution in [0.15, 0.2) is 23.5 Å². The van der Waals surface area contributed by atoms with E-state index in [2.05, 4.69) is 10.1 Å². The topological polar surface area (TPSA) is 112 Å². The molecule has 17 heavy (non-hydrogen) atoms. The second-order valence-corrected chi connectivity index (χ2v) is 4.38. The van der Waals surface area contributed by atoms with Gasteiger partial charge in [-0.25, -0.2) is 0 Å². The number of nitrogens with zero attached hydrogens (tertiary/aromatic N) is 2. The molecule has 0 amide bonds. The van der Waals surface area contributed by atoms with Gasteiger partial charge in [0.25, 0.3) is 0 Å². The second-order valence-electron chi connectivity index (χ2n) is 3.35. The highest BCUT2D eigenvalue weighted by atomic mass is 32.2. The summed E-state index contributed by atoms with van der Waals surface area (Å²) in [5.41, 5.74) is 6.74. The van der Waals surface area contributed by atoms with E-state index < -0.39 is 6.10 Å². The molecule has 94 valence electrons. The van der Waals surface area contributed by atoms with E-state index in [0.717, 1.165) is 5.56 Å². The molecule has 0 aliphatic heterocycles. The Bertz CT molecular complexity index is 387. The maximum atomic E-state index is 9.19. The van der Waals surface area contributed by atoms with E-state index in [1.165, 1.54) is 11.8 Å². The van der Waals surface area contributed by atoms with Gasteiger partial charge in [-0.1, -0.05) is 11.2 Å². The maximum absolute atomic E-state index is 9.19. The zero-order valence-electron chi connectivity index (χ0n) is 9.15. The molecule has 0 saturated carbocycles. The summed E-state index contributed by atoms with van der Waals surface area (Å²) in [6.07, 6.45) is 0.827. The lowest BCUT2D eigenvalue weighted by Crippen LogP contribution is -2.18. The minimum Gasteiger partial charge on any atom is -0.409 e. The number of oxime groups is 1. The summed E-state index contributed by atoms with van der Waals surface area (Å²) in [5.74, 6) is 0.946. The molecule has 6 nitrogen and oxygen atoms in total. The zero-order chi connectivity index (χ0) is 12.7. The number of nitrogens with two attached hydrogens (primary N) is 1. The molecule has 7 heteroatoms. The van der Waals surface area contributed by atoms with Crippen molar-refractivity contribution in [3.05, 3.63) is 29.6 Å². The average molecular weight is 257 g/mol. The summed E-state index contributed by atoms with van der Waals surface area (Å²) in [4.78, 5) is 4.03. The van der Waals surface area contributed by atoms with E-state index in [-0.39, 0.29) is 12.4 Å². The number of aromatic nitrogens is 1. The Morgan fingerprint density at radius 3 is 3.00 bits per heavy atom. The molecule has 1 unspecified atom stereocenters. The first-order valence-corrected chi connectivity index (χ1v) is 6.13. The van der Waals surface area contributed by atoms with Crippen LogP contribution in [0.3, 0.4) is 0 Å². The van der Waals surface area contributed by atoms with Gasteiger partial charge >= 0.3 is 0 Å². The predicted octanol–water partition coefficient (Wildman–Crippen LogP) is -0.238. The van der Waals surface area contributed by atoms with Gasteiger partial charge in [-0.15, -0.1) is 0 Å². The number of aliphatic hydroxyl groups excluding tert-OH is 2. The van der Waals surface area contributed by atoms with Crippen molar-refractivity contribution in [2.75, 3.05) is 12.4 Å². The van der Waals surface area contributed by atoms with Crippen molar-refractivity contribution in [2.24, 2.45) is 10.9 Å². The highest BCUT2D eigenvalue weighted by Crippen LogP contribution is 2.15. The number of rotatable bonds is 6. The number of amidine groups is 1. The lowest BCUT2D eigenvalue weighted by molar-refractivity contribution is 0.113. The van der Waals surface area contributed by atoms with Crippen molar-refractivity contribution >= 4 is 17.6 Å². The molecule has 1 rings (SSSR count). The summed E-state index contributed by atoms with van der Waals surface area (Å²) in [6, 6.07) is 3.57. The van der Waals surface area contributed by atoms with Crippen molar-refractivity contribution < 1.29 is 15.4 Å². The SMILES string of the molecule is NC(=NO)c1ncccc1CSCC(O)CO. The molecule has 0 spiro atoms. The molecule has 0 radical (unpaired) electrons. The summed E-state index contributed by atoms with van der Waals surface area (Å²) >= 11 is 1.44. The third kappa shape index (κ3) is 4.22. The van der Waals surface area contributed by atoms with Crippen LogP contribution in [-0.4, -0.2) is 44.7 Å². The smallest absolute Gasteiger partial charge is 0.189 e. The van der Waals surface area contributed by atoms with Crippen LogP contribution in [0.2, 0.25) is 0 Å². The molecule has 0 aromatic carbocycles. The number of hydrogen-bond donors (Lipinski definition) is 4. The Kier molecular flexibility index (Phi) is 5.75. The first-order chi connectivity index (χ1) is 8.19. The molecule has 0 aliphatic carbocycles. The zero-order valence-corrected chi connectivity index (χ0v) is 9.97. The first-order valence-electron chi connectivity index (χ1n) is 4.97. The first kappa shape index (κ1) is 13.8. The molecular formula is C10H15N3O3S. The quantitative estimate of drug-likeness (QED) is 0.242. The third-order valence-electron chi connectivity index (χ3n) is 2.02. The van der Waals surface area contributed by atoms with Gasteiger partial charge in [0.2, 0.25) is 0 Å². The summed E-state index contributed by atoms with van der Waals surface area (Å²) < 4.78 is 0. The van der Waals surface area contributed by atoms with Gasteiger partial charge in [0.1, 0.15) is 5.69 Å². The number of hydrogen-bond acceptors (Lipinski definition) is 6. The fourth-order valence-electron chi connectivity index (χ4n) is 1.19. The van der Waals surface area contributed by atoms with E-state index in [1.54, 1.807) is 12.3 Å². The van der Waals surface area contributed by atoms with Gasteiger partial charge in [0.05, 0.1) is 12.7 Å². The van der Waals surface area contributed by atoms with Gasteiger partial charge in [0.15, 0.2) is 5.84 Å². The van der Waals surface area contributed by atoms with Crippen LogP contribution in [-0.2, 0) is 5.75 Å². The van der Waals surface area contributed by atoms with Crippen molar-refractivity contribution in [1.29, 1.82) is 0 Å². The molecule has 0 bridgehead atoms. The number of thioether (sulfide) groups is 1. The number of aliphatic hydroxyl groups is 2. The fourth-order valence-corrected chi connectivity index (χ4v) is 2.14. The van der Waals surface area contributed by atoms with Crippen molar-refractivity contribution in [2.45, 2.75) is 11.9 Å². The molecule has 1 atom stereocenters. The monoisotopic (exact) mass is 257 g/mol. The Hall–Kier alpha value is -1.31. The standard InChI is InChI=1S/C10H15N3O3S/c11-10(13-16)9-7(2-1-3-12-9)5-17-6-8(15)4-14/h1-3,8,14-16H,4-6H2,(H2,11,13). The van der Waals surface area contributed by atoms with Crippen LogP contribution in [0.25, 0.3) is 0 Å². The minimum atomic E-state index is -0.732. The minimum absolute atomic E-state index is 0.0380. The van der Waals surface area contributed by atoms with Crippen LogP contribution in [0.5, 0.6) is 0 Å². The van der Waals surface area contributed by atoms with Crippen LogP contribution >= 0.6 is 11.8 Å². The molecule has 1 aromatic heterocycles. The summed E-state index contributed by atoms with van der Waals surface area (Å²) in [5, 5.41) is 29.4. The Morgan fingerprint density at radius 1 is 1.59 bits per heavy atom. The van der Waals surface area contributed by atoms with Crippen LogP contribution < -0.4 is 5.73 Å². The van der Waals surface area contributed by atoms with Gasteiger partial charge in [-0.05, 0) is 11.6 Å². The molecule has 1 heterocycles. The third-order valence-corrected chi connectivity index (χ3v) is 3.16. The van der Waals surface area contributed by atoms with Crippen molar-refractivity contribution in [3.63, 3.8) is 0 Å². The molecular weight excluding hydrogens is 242 g/mol. The Balaban J connectivity index is 2.64. The molecule has 5 N–H and O–H groups in total. The van der Waals surface area contributed by atoms with Gasteiger partial charge < -0.3 is 21.2 Å². The largest absolute Gasteiger partial charge is 0.409 e.